The third kappa shape index (κ3) is 8.52. The lowest BCUT2D eigenvalue weighted by Gasteiger charge is -2.23. The van der Waals surface area contributed by atoms with E-state index in [2.05, 4.69) is 25.7 Å². The number of unbranched alkanes of at least 4 members (excludes halogenated alkanes) is 8. The van der Waals surface area contributed by atoms with Crippen LogP contribution < -0.4 is 0 Å². The normalized spacial score (nSPS) is 10.8. The van der Waals surface area contributed by atoms with Gasteiger partial charge in [-0.15, -0.1) is 0 Å². The molecule has 1 amide bonds. The number of nitrogens with zero attached hydrogens (tertiary/aromatic N) is 1. The van der Waals surface area contributed by atoms with E-state index in [1.165, 1.54) is 56.9 Å². The Kier molecular flexibility index (Phi) is 11.3. The van der Waals surface area contributed by atoms with Crippen molar-refractivity contribution in [1.82, 2.24) is 4.90 Å². The van der Waals surface area contributed by atoms with Crippen molar-refractivity contribution in [2.24, 2.45) is 0 Å². The van der Waals surface area contributed by atoms with Crippen LogP contribution in [0.4, 0.5) is 0 Å². The number of benzene rings is 1. The van der Waals surface area contributed by atoms with Crippen molar-refractivity contribution in [3.05, 3.63) is 35.4 Å². The molecule has 0 aliphatic rings. The second-order valence-corrected chi connectivity index (χ2v) is 6.99. The van der Waals surface area contributed by atoms with Gasteiger partial charge >= 0.3 is 0 Å². The molecule has 0 saturated heterocycles. The van der Waals surface area contributed by atoms with Crippen molar-refractivity contribution < 1.29 is 4.79 Å². The van der Waals surface area contributed by atoms with Gasteiger partial charge in [-0.1, -0.05) is 82.9 Å². The largest absolute Gasteiger partial charge is 0.339 e. The lowest BCUT2D eigenvalue weighted by atomic mass is 10.1. The van der Waals surface area contributed by atoms with E-state index >= 15 is 0 Å². The fourth-order valence-electron chi connectivity index (χ4n) is 3.01. The van der Waals surface area contributed by atoms with E-state index in [9.17, 15) is 4.79 Å². The van der Waals surface area contributed by atoms with Crippen molar-refractivity contribution in [3.8, 4) is 0 Å². The molecule has 2 heteroatoms. The van der Waals surface area contributed by atoms with Crippen molar-refractivity contribution in [3.63, 3.8) is 0 Å². The van der Waals surface area contributed by atoms with Crippen LogP contribution in [-0.4, -0.2) is 23.9 Å². The smallest absolute Gasteiger partial charge is 0.253 e. The summed E-state index contributed by atoms with van der Waals surface area (Å²) in [4.78, 5) is 14.9. The maximum Gasteiger partial charge on any atom is 0.253 e. The molecule has 24 heavy (non-hydrogen) atoms. The number of hydrogen-bond donors (Lipinski definition) is 0. The summed E-state index contributed by atoms with van der Waals surface area (Å²) >= 11 is 0. The zero-order valence-corrected chi connectivity index (χ0v) is 16.2. The molecule has 0 heterocycles. The molecule has 0 N–H and O–H groups in total. The molecule has 0 aliphatic carbocycles. The molecule has 0 aliphatic heterocycles. The van der Waals surface area contributed by atoms with Crippen LogP contribution in [0.3, 0.4) is 0 Å². The van der Waals surface area contributed by atoms with Gasteiger partial charge in [0, 0.05) is 18.7 Å². The third-order valence-electron chi connectivity index (χ3n) is 4.65. The fraction of sp³-hybridized carbons (Fsp3) is 0.682. The lowest BCUT2D eigenvalue weighted by molar-refractivity contribution is 0.0749. The first-order valence-corrected chi connectivity index (χ1v) is 10.0. The van der Waals surface area contributed by atoms with Gasteiger partial charge in [-0.3, -0.25) is 4.79 Å². The Morgan fingerprint density at radius 2 is 1.21 bits per heavy atom. The maximum atomic E-state index is 12.8. The Hall–Kier alpha value is -1.31. The minimum atomic E-state index is 0.209. The first kappa shape index (κ1) is 20.7. The lowest BCUT2D eigenvalue weighted by Crippen LogP contribution is -2.33. The van der Waals surface area contributed by atoms with E-state index < -0.39 is 0 Å². The second-order valence-electron chi connectivity index (χ2n) is 6.99. The summed E-state index contributed by atoms with van der Waals surface area (Å²) in [6.45, 7) is 8.36. The highest BCUT2D eigenvalue weighted by Gasteiger charge is 2.14. The van der Waals surface area contributed by atoms with Crippen molar-refractivity contribution in [1.29, 1.82) is 0 Å². The number of amides is 1. The van der Waals surface area contributed by atoms with Gasteiger partial charge < -0.3 is 4.90 Å². The highest BCUT2D eigenvalue weighted by atomic mass is 16.2. The number of carbonyl (C=O) groups is 1. The molecular weight excluding hydrogens is 294 g/mol. The van der Waals surface area contributed by atoms with Gasteiger partial charge in [0.25, 0.3) is 5.91 Å². The van der Waals surface area contributed by atoms with Gasteiger partial charge in [-0.05, 0) is 31.9 Å². The maximum absolute atomic E-state index is 12.8. The van der Waals surface area contributed by atoms with E-state index in [0.717, 1.165) is 31.5 Å². The van der Waals surface area contributed by atoms with Crippen LogP contribution in [0, 0.1) is 6.92 Å². The summed E-state index contributed by atoms with van der Waals surface area (Å²) in [5.74, 6) is 0.209. The molecule has 0 saturated carbocycles. The van der Waals surface area contributed by atoms with E-state index in [0.29, 0.717) is 0 Å². The molecule has 0 bridgehead atoms. The summed E-state index contributed by atoms with van der Waals surface area (Å²) in [5.41, 5.74) is 2.04. The quantitative estimate of drug-likeness (QED) is 0.384. The van der Waals surface area contributed by atoms with E-state index in [-0.39, 0.29) is 5.91 Å². The fourth-order valence-corrected chi connectivity index (χ4v) is 3.01. The van der Waals surface area contributed by atoms with Gasteiger partial charge in [-0.2, -0.15) is 0 Å². The number of aryl methyl sites for hydroxylation is 1. The summed E-state index contributed by atoms with van der Waals surface area (Å²) in [6.07, 6.45) is 12.5. The van der Waals surface area contributed by atoms with E-state index in [1.807, 2.05) is 24.3 Å². The zero-order chi connectivity index (χ0) is 17.6. The number of hydrogen-bond acceptors (Lipinski definition) is 1. The SMILES string of the molecule is CCCCCCCN(CCCCCCC)C(=O)c1ccc(C)cc1. The van der Waals surface area contributed by atoms with Gasteiger partial charge in [0.05, 0.1) is 0 Å². The summed E-state index contributed by atoms with van der Waals surface area (Å²) in [6, 6.07) is 8.01. The summed E-state index contributed by atoms with van der Waals surface area (Å²) in [5, 5.41) is 0. The van der Waals surface area contributed by atoms with Crippen LogP contribution >= 0.6 is 0 Å². The first-order chi connectivity index (χ1) is 11.7. The molecule has 1 rings (SSSR count). The number of rotatable bonds is 13. The van der Waals surface area contributed by atoms with Gasteiger partial charge in [0.1, 0.15) is 0 Å². The monoisotopic (exact) mass is 331 g/mol. The summed E-state index contributed by atoms with van der Waals surface area (Å²) in [7, 11) is 0. The third-order valence-corrected chi connectivity index (χ3v) is 4.65. The van der Waals surface area contributed by atoms with Gasteiger partial charge in [0.2, 0.25) is 0 Å². The highest BCUT2D eigenvalue weighted by molar-refractivity contribution is 5.94. The predicted molar refractivity (Wildman–Crippen MR) is 105 cm³/mol. The second kappa shape index (κ2) is 13.0. The molecule has 136 valence electrons. The van der Waals surface area contributed by atoms with Crippen LogP contribution in [0.2, 0.25) is 0 Å². The Balaban J connectivity index is 2.51. The van der Waals surface area contributed by atoms with Crippen LogP contribution in [0.1, 0.15) is 94.0 Å². The van der Waals surface area contributed by atoms with Gasteiger partial charge in [-0.25, -0.2) is 0 Å². The Bertz CT molecular complexity index is 424. The van der Waals surface area contributed by atoms with E-state index in [1.54, 1.807) is 0 Å². The molecule has 0 unspecified atom stereocenters. The van der Waals surface area contributed by atoms with Gasteiger partial charge in [0.15, 0.2) is 0 Å². The van der Waals surface area contributed by atoms with Crippen LogP contribution in [0.25, 0.3) is 0 Å². The molecule has 1 aromatic rings. The van der Waals surface area contributed by atoms with Crippen molar-refractivity contribution in [2.75, 3.05) is 13.1 Å². The zero-order valence-electron chi connectivity index (χ0n) is 16.2. The number of carbonyl (C=O) groups excluding carboxylic acids is 1. The Morgan fingerprint density at radius 1 is 0.750 bits per heavy atom. The predicted octanol–water partition coefficient (Wildman–Crippen LogP) is 6.38. The van der Waals surface area contributed by atoms with Crippen LogP contribution in [-0.2, 0) is 0 Å². The molecule has 0 spiro atoms. The van der Waals surface area contributed by atoms with Crippen LogP contribution in [0.15, 0.2) is 24.3 Å². The molecule has 2 nitrogen and oxygen atoms in total. The first-order valence-electron chi connectivity index (χ1n) is 10.0. The molecule has 0 fully saturated rings. The highest BCUT2D eigenvalue weighted by Crippen LogP contribution is 2.12. The average molecular weight is 332 g/mol. The molecule has 0 radical (unpaired) electrons. The van der Waals surface area contributed by atoms with E-state index in [4.69, 9.17) is 0 Å². The average Bonchev–Trinajstić information content (AvgIpc) is 2.59. The minimum absolute atomic E-state index is 0.209. The molecule has 0 aromatic heterocycles. The Labute approximate surface area is 149 Å². The van der Waals surface area contributed by atoms with Crippen molar-refractivity contribution in [2.45, 2.75) is 85.0 Å². The van der Waals surface area contributed by atoms with Crippen LogP contribution in [0.5, 0.6) is 0 Å². The topological polar surface area (TPSA) is 20.3 Å². The molecular formula is C22H37NO. The standard InChI is InChI=1S/C22H37NO/c1-4-6-8-10-12-18-23(19-13-11-9-7-5-2)22(24)21-16-14-20(3)15-17-21/h14-17H,4-13,18-19H2,1-3H3. The Morgan fingerprint density at radius 3 is 1.67 bits per heavy atom. The summed E-state index contributed by atoms with van der Waals surface area (Å²) < 4.78 is 0. The minimum Gasteiger partial charge on any atom is -0.339 e. The van der Waals surface area contributed by atoms with Crippen molar-refractivity contribution >= 4 is 5.91 Å². The molecule has 1 aromatic carbocycles. The molecule has 0 atom stereocenters.